The van der Waals surface area contributed by atoms with Crippen molar-refractivity contribution in [2.24, 2.45) is 0 Å². The van der Waals surface area contributed by atoms with Gasteiger partial charge < -0.3 is 0 Å². The molecule has 3 aliphatic heterocycles. The Morgan fingerprint density at radius 1 is 0.909 bits per heavy atom. The van der Waals surface area contributed by atoms with Crippen molar-refractivity contribution >= 4 is 33.0 Å². The highest BCUT2D eigenvalue weighted by molar-refractivity contribution is 8.04. The highest BCUT2D eigenvalue weighted by atomic mass is 32.2. The lowest BCUT2D eigenvalue weighted by atomic mass is 10.1. The smallest absolute Gasteiger partial charge is 0.0476 e. The minimum absolute atomic E-state index is 1.09. The van der Waals surface area contributed by atoms with E-state index in [0.29, 0.717) is 0 Å². The van der Waals surface area contributed by atoms with Crippen molar-refractivity contribution in [1.29, 1.82) is 0 Å². The zero-order valence-electron chi connectivity index (χ0n) is 6.45. The Morgan fingerprint density at radius 2 is 1.45 bits per heavy atom. The Bertz CT molecular complexity index is 155. The summed E-state index contributed by atoms with van der Waals surface area (Å²) in [5.41, 5.74) is 2.31. The van der Waals surface area contributed by atoms with Gasteiger partial charge in [0, 0.05) is 20.0 Å². The second-order valence-electron chi connectivity index (χ2n) is 3.63. The lowest BCUT2D eigenvalue weighted by molar-refractivity contribution is 0.768. The molecule has 0 amide bonds. The Balaban J connectivity index is 1.84. The Morgan fingerprint density at radius 3 is 2.00 bits per heavy atom. The van der Waals surface area contributed by atoms with E-state index in [-0.39, 0.29) is 0 Å². The van der Waals surface area contributed by atoms with Crippen LogP contribution >= 0.6 is 23.5 Å². The highest BCUT2D eigenvalue weighted by Gasteiger charge is 2.48. The third-order valence-electron chi connectivity index (χ3n) is 3.02. The minimum atomic E-state index is 1.09. The summed E-state index contributed by atoms with van der Waals surface area (Å²) in [4.78, 5) is 0. The molecule has 3 rings (SSSR count). The van der Waals surface area contributed by atoms with E-state index in [1.54, 1.807) is 12.8 Å². The molecule has 0 nitrogen and oxygen atoms in total. The largest absolute Gasteiger partial charge is 0.157 e. The normalized spacial score (nSPS) is 54.5. The fourth-order valence-electron chi connectivity index (χ4n) is 2.50. The Kier molecular flexibility index (Phi) is 1.80. The average Bonchev–Trinajstić information content (AvgIpc) is 2.52. The molecule has 0 spiro atoms. The second kappa shape index (κ2) is 2.71. The first kappa shape index (κ1) is 7.33. The van der Waals surface area contributed by atoms with Gasteiger partial charge in [-0.05, 0) is 35.4 Å². The molecule has 0 aliphatic carbocycles. The van der Waals surface area contributed by atoms with Gasteiger partial charge in [0.05, 0.1) is 0 Å². The maximum Gasteiger partial charge on any atom is 0.0476 e. The number of hydrogen-bond acceptors (Lipinski definition) is 2. The van der Waals surface area contributed by atoms with E-state index >= 15 is 0 Å². The molecule has 3 saturated heterocycles. The van der Waals surface area contributed by atoms with Crippen molar-refractivity contribution < 1.29 is 0 Å². The topological polar surface area (TPSA) is 0 Å². The van der Waals surface area contributed by atoms with Crippen molar-refractivity contribution in [2.75, 3.05) is 11.5 Å². The molecule has 3 fully saturated rings. The third-order valence-corrected chi connectivity index (χ3v) is 8.79. The van der Waals surface area contributed by atoms with Crippen LogP contribution in [0.3, 0.4) is 0 Å². The highest BCUT2D eigenvalue weighted by Crippen LogP contribution is 2.56. The zero-order valence-corrected chi connectivity index (χ0v) is 9.09. The van der Waals surface area contributed by atoms with E-state index in [1.165, 1.54) is 21.0 Å². The molecule has 3 heteroatoms. The van der Waals surface area contributed by atoms with Crippen LogP contribution in [0.5, 0.6) is 0 Å². The van der Waals surface area contributed by atoms with E-state index < -0.39 is 0 Å². The molecule has 0 aromatic carbocycles. The van der Waals surface area contributed by atoms with Gasteiger partial charge in [-0.1, -0.05) is 0 Å². The molecular formula is C8H12S2Si. The molecule has 11 heavy (non-hydrogen) atoms. The van der Waals surface area contributed by atoms with Gasteiger partial charge in [-0.2, -0.15) is 23.5 Å². The van der Waals surface area contributed by atoms with Crippen LogP contribution in [0.15, 0.2) is 0 Å². The summed E-state index contributed by atoms with van der Waals surface area (Å²) in [6.45, 7) is 0. The molecule has 0 bridgehead atoms. The van der Waals surface area contributed by atoms with Crippen molar-refractivity contribution in [2.45, 2.75) is 34.4 Å². The summed E-state index contributed by atoms with van der Waals surface area (Å²) in [5, 5.41) is 2.18. The zero-order chi connectivity index (χ0) is 7.26. The first-order chi connectivity index (χ1) is 5.45. The predicted octanol–water partition coefficient (Wildman–Crippen LogP) is 2.29. The molecule has 3 aliphatic rings. The first-order valence-corrected chi connectivity index (χ1v) is 7.69. The van der Waals surface area contributed by atoms with Crippen LogP contribution in [0.25, 0.3) is 0 Å². The fourth-order valence-corrected chi connectivity index (χ4v) is 9.51. The van der Waals surface area contributed by atoms with E-state index in [4.69, 9.17) is 0 Å². The van der Waals surface area contributed by atoms with Gasteiger partial charge >= 0.3 is 0 Å². The predicted molar refractivity (Wildman–Crippen MR) is 55.0 cm³/mol. The van der Waals surface area contributed by atoms with Crippen molar-refractivity contribution in [3.05, 3.63) is 0 Å². The molecule has 3 heterocycles. The monoisotopic (exact) mass is 200 g/mol. The molecule has 0 N–H and O–H groups in total. The molecule has 0 saturated carbocycles. The van der Waals surface area contributed by atoms with E-state index in [9.17, 15) is 0 Å². The van der Waals surface area contributed by atoms with Crippen molar-refractivity contribution in [3.8, 4) is 0 Å². The summed E-state index contributed by atoms with van der Waals surface area (Å²) in [5.74, 6) is 2.93. The van der Waals surface area contributed by atoms with Gasteiger partial charge in [0.2, 0.25) is 0 Å². The standard InChI is InChI=1S/C8H12S2Si/c1-3-9-7-5(1)11-6-2-4-10-8(6)7/h5-8H,1-4H2. The maximum absolute atomic E-state index is 2.28. The van der Waals surface area contributed by atoms with Gasteiger partial charge in [-0.3, -0.25) is 0 Å². The lowest BCUT2D eigenvalue weighted by Gasteiger charge is -2.14. The number of fused-ring (bicyclic) bond motifs is 3. The van der Waals surface area contributed by atoms with Crippen LogP contribution in [0, 0.1) is 0 Å². The molecule has 4 atom stereocenters. The third kappa shape index (κ3) is 1.04. The van der Waals surface area contributed by atoms with Crippen molar-refractivity contribution in [1.82, 2.24) is 0 Å². The Hall–Kier alpha value is 0.917. The summed E-state index contributed by atoms with van der Waals surface area (Å²) in [6.07, 6.45) is 3.09. The van der Waals surface area contributed by atoms with Crippen LogP contribution in [-0.2, 0) is 0 Å². The first-order valence-electron chi connectivity index (χ1n) is 4.44. The minimum Gasteiger partial charge on any atom is -0.157 e. The molecule has 0 aromatic rings. The average molecular weight is 200 g/mol. The summed E-state index contributed by atoms with van der Waals surface area (Å²) < 4.78 is 0. The summed E-state index contributed by atoms with van der Waals surface area (Å²) >= 11 is 4.55. The number of rotatable bonds is 0. The number of thioether (sulfide) groups is 2. The van der Waals surface area contributed by atoms with Crippen LogP contribution in [0.2, 0.25) is 11.1 Å². The number of hydrogen-bond donors (Lipinski definition) is 0. The van der Waals surface area contributed by atoms with Crippen molar-refractivity contribution in [3.63, 3.8) is 0 Å². The Labute approximate surface area is 79.1 Å². The molecule has 0 aromatic heterocycles. The lowest BCUT2D eigenvalue weighted by Crippen LogP contribution is -2.11. The van der Waals surface area contributed by atoms with Crippen LogP contribution in [0.1, 0.15) is 12.8 Å². The molecule has 4 unspecified atom stereocenters. The summed E-state index contributed by atoms with van der Waals surface area (Å²) in [7, 11) is 1.33. The van der Waals surface area contributed by atoms with Crippen LogP contribution in [0.4, 0.5) is 0 Å². The molecule has 2 radical (unpaired) electrons. The molecular weight excluding hydrogens is 188 g/mol. The molecule has 60 valence electrons. The van der Waals surface area contributed by atoms with Crippen LogP contribution < -0.4 is 0 Å². The van der Waals surface area contributed by atoms with E-state index in [0.717, 1.165) is 21.6 Å². The maximum atomic E-state index is 2.28. The van der Waals surface area contributed by atoms with E-state index in [1.807, 2.05) is 0 Å². The van der Waals surface area contributed by atoms with Crippen LogP contribution in [-0.4, -0.2) is 31.5 Å². The summed E-state index contributed by atoms with van der Waals surface area (Å²) in [6, 6.07) is 0. The van der Waals surface area contributed by atoms with Gasteiger partial charge in [0.25, 0.3) is 0 Å². The quantitative estimate of drug-likeness (QED) is 0.550. The SMILES string of the molecule is C1CC2[Si]C3CCSC3C2S1. The van der Waals surface area contributed by atoms with Gasteiger partial charge in [0.15, 0.2) is 0 Å². The van der Waals surface area contributed by atoms with Gasteiger partial charge in [-0.25, -0.2) is 0 Å². The van der Waals surface area contributed by atoms with Gasteiger partial charge in [-0.15, -0.1) is 0 Å². The van der Waals surface area contributed by atoms with Gasteiger partial charge in [0.1, 0.15) is 0 Å². The second-order valence-corrected chi connectivity index (χ2v) is 8.02. The fraction of sp³-hybridized carbons (Fsp3) is 1.00. The van der Waals surface area contributed by atoms with E-state index in [2.05, 4.69) is 23.5 Å².